The summed E-state index contributed by atoms with van der Waals surface area (Å²) in [6.07, 6.45) is 0.634. The van der Waals surface area contributed by atoms with Crippen molar-refractivity contribution in [3.63, 3.8) is 0 Å². The van der Waals surface area contributed by atoms with Gasteiger partial charge in [-0.25, -0.2) is 0 Å². The predicted molar refractivity (Wildman–Crippen MR) is 80.3 cm³/mol. The number of hydrogen-bond donors (Lipinski definition) is 0. The molecule has 1 heterocycles. The van der Waals surface area contributed by atoms with Gasteiger partial charge in [-0.2, -0.15) is 0 Å². The molecular weight excluding hydrogens is 270 g/mol. The lowest BCUT2D eigenvalue weighted by Crippen LogP contribution is -2.46. The molecule has 1 atom stereocenters. The van der Waals surface area contributed by atoms with Crippen LogP contribution >= 0.6 is 0 Å². The zero-order valence-electron chi connectivity index (χ0n) is 12.9. The zero-order valence-corrected chi connectivity index (χ0v) is 12.9. The van der Waals surface area contributed by atoms with E-state index in [1.807, 2.05) is 0 Å². The monoisotopic (exact) mass is 293 g/mol. The van der Waals surface area contributed by atoms with Gasteiger partial charge in [0.2, 0.25) is 0 Å². The molecule has 116 valence electrons. The first-order chi connectivity index (χ1) is 10.2. The quantitative estimate of drug-likeness (QED) is 0.751. The first-order valence-electron chi connectivity index (χ1n) is 7.29. The highest BCUT2D eigenvalue weighted by Gasteiger charge is 2.29. The number of Topliss-reactive ketones (excluding diaryl/α,β-unsaturated/α-hetero) is 1. The minimum absolute atomic E-state index is 0.0495. The van der Waals surface area contributed by atoms with Crippen molar-refractivity contribution in [1.82, 2.24) is 4.90 Å². The van der Waals surface area contributed by atoms with E-state index in [0.29, 0.717) is 30.2 Å². The van der Waals surface area contributed by atoms with Crippen molar-refractivity contribution in [2.24, 2.45) is 0 Å². The number of rotatable bonds is 6. The van der Waals surface area contributed by atoms with Crippen molar-refractivity contribution in [2.75, 3.05) is 40.5 Å². The third-order valence-electron chi connectivity index (χ3n) is 3.65. The first-order valence-corrected chi connectivity index (χ1v) is 7.29. The van der Waals surface area contributed by atoms with E-state index >= 15 is 0 Å². The third-order valence-corrected chi connectivity index (χ3v) is 3.65. The molecular formula is C16H23NO4. The van der Waals surface area contributed by atoms with Crippen molar-refractivity contribution >= 4 is 5.78 Å². The van der Waals surface area contributed by atoms with Crippen LogP contribution in [0, 0.1) is 0 Å². The molecule has 1 unspecified atom stereocenters. The second kappa shape index (κ2) is 7.43. The average molecular weight is 293 g/mol. The molecule has 5 heteroatoms. The van der Waals surface area contributed by atoms with E-state index in [-0.39, 0.29) is 5.78 Å². The Labute approximate surface area is 125 Å². The summed E-state index contributed by atoms with van der Waals surface area (Å²) in [6.45, 7) is 5.22. The molecule has 0 bridgehead atoms. The lowest BCUT2D eigenvalue weighted by Gasteiger charge is -2.32. The number of ketones is 1. The van der Waals surface area contributed by atoms with E-state index in [4.69, 9.17) is 14.2 Å². The Kier molecular flexibility index (Phi) is 5.59. The molecule has 0 N–H and O–H groups in total. The van der Waals surface area contributed by atoms with E-state index in [0.717, 1.165) is 19.5 Å². The van der Waals surface area contributed by atoms with Gasteiger partial charge in [0.05, 0.1) is 26.4 Å². The van der Waals surface area contributed by atoms with Crippen LogP contribution in [0.15, 0.2) is 18.2 Å². The second-order valence-electron chi connectivity index (χ2n) is 5.09. The Morgan fingerprint density at radius 3 is 2.86 bits per heavy atom. The molecule has 21 heavy (non-hydrogen) atoms. The summed E-state index contributed by atoms with van der Waals surface area (Å²) in [5, 5.41) is 0. The topological polar surface area (TPSA) is 48.0 Å². The standard InChI is InChI=1S/C16H23NO4/c1-4-7-17-8-9-21-15(11-17)16(18)13-10-12(19-2)5-6-14(13)20-3/h5-6,10,15H,4,7-9,11H2,1-3H3. The normalized spacial score (nSPS) is 19.3. The number of methoxy groups -OCH3 is 2. The summed E-state index contributed by atoms with van der Waals surface area (Å²) in [5.41, 5.74) is 0.514. The maximum absolute atomic E-state index is 12.7. The fourth-order valence-electron chi connectivity index (χ4n) is 2.56. The largest absolute Gasteiger partial charge is 0.497 e. The van der Waals surface area contributed by atoms with Crippen LogP contribution < -0.4 is 9.47 Å². The average Bonchev–Trinajstić information content (AvgIpc) is 2.54. The number of hydrogen-bond acceptors (Lipinski definition) is 5. The molecule has 0 radical (unpaired) electrons. The van der Waals surface area contributed by atoms with E-state index in [9.17, 15) is 4.79 Å². The highest BCUT2D eigenvalue weighted by molar-refractivity contribution is 6.02. The summed E-state index contributed by atoms with van der Waals surface area (Å²) >= 11 is 0. The molecule has 0 aliphatic carbocycles. The van der Waals surface area contributed by atoms with Crippen molar-refractivity contribution in [2.45, 2.75) is 19.4 Å². The molecule has 1 aliphatic heterocycles. The third kappa shape index (κ3) is 3.74. The van der Waals surface area contributed by atoms with Gasteiger partial charge in [-0.05, 0) is 31.2 Å². The predicted octanol–water partition coefficient (Wildman–Crippen LogP) is 2.00. The van der Waals surface area contributed by atoms with Gasteiger partial charge in [0.15, 0.2) is 5.78 Å². The van der Waals surface area contributed by atoms with E-state index in [1.165, 1.54) is 0 Å². The Balaban J connectivity index is 2.18. The molecule has 1 fully saturated rings. The molecule has 0 aromatic heterocycles. The second-order valence-corrected chi connectivity index (χ2v) is 5.09. The lowest BCUT2D eigenvalue weighted by molar-refractivity contribution is -0.0165. The molecule has 0 spiro atoms. The van der Waals surface area contributed by atoms with Crippen molar-refractivity contribution in [3.8, 4) is 11.5 Å². The van der Waals surface area contributed by atoms with Gasteiger partial charge in [0.1, 0.15) is 17.6 Å². The lowest BCUT2D eigenvalue weighted by atomic mass is 10.0. The van der Waals surface area contributed by atoms with Gasteiger partial charge in [-0.3, -0.25) is 9.69 Å². The molecule has 1 aromatic carbocycles. The smallest absolute Gasteiger partial charge is 0.196 e. The van der Waals surface area contributed by atoms with E-state index < -0.39 is 6.10 Å². The Morgan fingerprint density at radius 1 is 1.38 bits per heavy atom. The van der Waals surface area contributed by atoms with Crippen LogP contribution in [0.2, 0.25) is 0 Å². The number of carbonyl (C=O) groups is 1. The van der Waals surface area contributed by atoms with Gasteiger partial charge in [-0.1, -0.05) is 6.92 Å². The molecule has 0 amide bonds. The van der Waals surface area contributed by atoms with Crippen molar-refractivity contribution in [3.05, 3.63) is 23.8 Å². The van der Waals surface area contributed by atoms with Gasteiger partial charge in [0.25, 0.3) is 0 Å². The molecule has 5 nitrogen and oxygen atoms in total. The number of ether oxygens (including phenoxy) is 3. The maximum atomic E-state index is 12.7. The zero-order chi connectivity index (χ0) is 15.2. The van der Waals surface area contributed by atoms with Gasteiger partial charge < -0.3 is 14.2 Å². The fraction of sp³-hybridized carbons (Fsp3) is 0.562. The van der Waals surface area contributed by atoms with Crippen LogP contribution in [-0.4, -0.2) is 57.2 Å². The number of nitrogens with zero attached hydrogens (tertiary/aromatic N) is 1. The summed E-state index contributed by atoms with van der Waals surface area (Å²) < 4.78 is 16.1. The maximum Gasteiger partial charge on any atom is 0.196 e. The Bertz CT molecular complexity index is 487. The molecule has 0 saturated carbocycles. The van der Waals surface area contributed by atoms with Crippen LogP contribution in [0.4, 0.5) is 0 Å². The number of morpholine rings is 1. The molecule has 1 saturated heterocycles. The van der Waals surface area contributed by atoms with Crippen molar-refractivity contribution in [1.29, 1.82) is 0 Å². The van der Waals surface area contributed by atoms with E-state index in [2.05, 4.69) is 11.8 Å². The minimum atomic E-state index is -0.439. The van der Waals surface area contributed by atoms with E-state index in [1.54, 1.807) is 32.4 Å². The molecule has 1 aliphatic rings. The SMILES string of the molecule is CCCN1CCOC(C(=O)c2cc(OC)ccc2OC)C1. The summed E-state index contributed by atoms with van der Waals surface area (Å²) in [4.78, 5) is 15.0. The Morgan fingerprint density at radius 2 is 2.19 bits per heavy atom. The van der Waals surface area contributed by atoms with Gasteiger partial charge in [0, 0.05) is 13.1 Å². The first kappa shape index (κ1) is 15.8. The minimum Gasteiger partial charge on any atom is -0.497 e. The molecule has 1 aromatic rings. The van der Waals surface area contributed by atoms with Crippen LogP contribution in [0.25, 0.3) is 0 Å². The molecule has 2 rings (SSSR count). The van der Waals surface area contributed by atoms with Crippen LogP contribution in [0.1, 0.15) is 23.7 Å². The highest BCUT2D eigenvalue weighted by Crippen LogP contribution is 2.26. The van der Waals surface area contributed by atoms with Crippen molar-refractivity contribution < 1.29 is 19.0 Å². The van der Waals surface area contributed by atoms with Crippen LogP contribution in [0.5, 0.6) is 11.5 Å². The summed E-state index contributed by atoms with van der Waals surface area (Å²) in [6, 6.07) is 5.24. The summed E-state index contributed by atoms with van der Waals surface area (Å²) in [7, 11) is 3.14. The van der Waals surface area contributed by atoms with Gasteiger partial charge in [-0.15, -0.1) is 0 Å². The van der Waals surface area contributed by atoms with Gasteiger partial charge >= 0.3 is 0 Å². The Hall–Kier alpha value is -1.59. The van der Waals surface area contributed by atoms with Crippen LogP contribution in [-0.2, 0) is 4.74 Å². The summed E-state index contributed by atoms with van der Waals surface area (Å²) in [5.74, 6) is 1.14. The fourth-order valence-corrected chi connectivity index (χ4v) is 2.56. The highest BCUT2D eigenvalue weighted by atomic mass is 16.5. The van der Waals surface area contributed by atoms with Crippen LogP contribution in [0.3, 0.4) is 0 Å². The number of benzene rings is 1. The number of carbonyl (C=O) groups excluding carboxylic acids is 1.